The van der Waals surface area contributed by atoms with Crippen LogP contribution in [0.15, 0.2) is 29.2 Å². The lowest BCUT2D eigenvalue weighted by molar-refractivity contribution is -0.920. The van der Waals surface area contributed by atoms with Crippen LogP contribution < -0.4 is 10.2 Å². The molecule has 1 amide bonds. The molecule has 1 aromatic carbocycles. The van der Waals surface area contributed by atoms with Crippen LogP contribution in [0.4, 0.5) is 5.69 Å². The van der Waals surface area contributed by atoms with Crippen molar-refractivity contribution in [3.63, 3.8) is 0 Å². The quantitative estimate of drug-likeness (QED) is 0.812. The molecule has 1 aromatic rings. The minimum absolute atomic E-state index is 0.0149. The number of nitrogens with one attached hydrogen (secondary N) is 2. The standard InChI is InChI=1S/C18H27N3O3S/c1-15-6-2-3-11-20(15)14-18(22)19-16-7-9-17(10-8-16)25(23,24)21-12-4-5-13-21/h7-10,15H,2-6,11-14H2,1H3,(H,19,22)/p+1/t15-/m0/s1. The van der Waals surface area contributed by atoms with E-state index in [9.17, 15) is 13.2 Å². The Hall–Kier alpha value is -1.44. The van der Waals surface area contributed by atoms with Crippen molar-refractivity contribution in [3.8, 4) is 0 Å². The van der Waals surface area contributed by atoms with Crippen LogP contribution in [-0.2, 0) is 14.8 Å². The van der Waals surface area contributed by atoms with Crippen molar-refractivity contribution < 1.29 is 18.1 Å². The third-order valence-electron chi connectivity index (χ3n) is 5.31. The molecule has 2 saturated heterocycles. The van der Waals surface area contributed by atoms with E-state index in [1.54, 1.807) is 24.3 Å². The third kappa shape index (κ3) is 4.40. The van der Waals surface area contributed by atoms with E-state index in [0.29, 0.717) is 36.3 Å². The molecular formula is C18H28N3O3S+. The van der Waals surface area contributed by atoms with Gasteiger partial charge in [0.05, 0.1) is 17.5 Å². The lowest BCUT2D eigenvalue weighted by Gasteiger charge is -2.29. The highest BCUT2D eigenvalue weighted by Gasteiger charge is 2.27. The number of rotatable bonds is 5. The Balaban J connectivity index is 1.59. The van der Waals surface area contributed by atoms with Crippen molar-refractivity contribution in [1.82, 2.24) is 4.31 Å². The molecule has 2 heterocycles. The van der Waals surface area contributed by atoms with Gasteiger partial charge in [-0.2, -0.15) is 4.31 Å². The molecule has 2 aliphatic heterocycles. The average molecular weight is 367 g/mol. The topological polar surface area (TPSA) is 70.9 Å². The molecule has 2 aliphatic rings. The van der Waals surface area contributed by atoms with Gasteiger partial charge in [0.25, 0.3) is 5.91 Å². The molecule has 0 aliphatic carbocycles. The molecule has 0 saturated carbocycles. The maximum Gasteiger partial charge on any atom is 0.279 e. The number of hydrogen-bond donors (Lipinski definition) is 2. The second-order valence-corrected chi connectivity index (χ2v) is 9.10. The molecule has 7 heteroatoms. The Morgan fingerprint density at radius 2 is 1.84 bits per heavy atom. The zero-order chi connectivity index (χ0) is 17.9. The van der Waals surface area contributed by atoms with Gasteiger partial charge < -0.3 is 10.2 Å². The van der Waals surface area contributed by atoms with E-state index >= 15 is 0 Å². The fraction of sp³-hybridized carbons (Fsp3) is 0.611. The van der Waals surface area contributed by atoms with E-state index in [2.05, 4.69) is 12.2 Å². The van der Waals surface area contributed by atoms with Crippen molar-refractivity contribution in [1.29, 1.82) is 0 Å². The number of nitrogens with zero attached hydrogens (tertiary/aromatic N) is 1. The maximum atomic E-state index is 12.5. The Morgan fingerprint density at radius 3 is 2.48 bits per heavy atom. The summed E-state index contributed by atoms with van der Waals surface area (Å²) in [7, 11) is -3.40. The maximum absolute atomic E-state index is 12.5. The lowest BCUT2D eigenvalue weighted by atomic mass is 10.0. The number of likely N-dealkylation sites (tertiary alicyclic amines) is 1. The molecule has 0 spiro atoms. The van der Waals surface area contributed by atoms with Gasteiger partial charge >= 0.3 is 0 Å². The molecule has 0 bridgehead atoms. The van der Waals surface area contributed by atoms with Crippen LogP contribution in [0, 0.1) is 0 Å². The molecular weight excluding hydrogens is 338 g/mol. The Morgan fingerprint density at radius 1 is 1.16 bits per heavy atom. The number of anilines is 1. The first-order valence-corrected chi connectivity index (χ1v) is 10.7. The molecule has 6 nitrogen and oxygen atoms in total. The smallest absolute Gasteiger partial charge is 0.279 e. The number of hydrogen-bond acceptors (Lipinski definition) is 3. The van der Waals surface area contributed by atoms with Gasteiger partial charge in [-0.3, -0.25) is 4.79 Å². The van der Waals surface area contributed by atoms with Crippen molar-refractivity contribution in [3.05, 3.63) is 24.3 Å². The SMILES string of the molecule is C[C@H]1CCCC[NH+]1CC(=O)Nc1ccc(S(=O)(=O)N2CCCC2)cc1. The fourth-order valence-corrected chi connectivity index (χ4v) is 5.23. The van der Waals surface area contributed by atoms with Gasteiger partial charge in [0.2, 0.25) is 10.0 Å². The Labute approximate surface area is 150 Å². The first-order chi connectivity index (χ1) is 12.0. The second-order valence-electron chi connectivity index (χ2n) is 7.17. The van der Waals surface area contributed by atoms with Crippen LogP contribution in [-0.4, -0.2) is 50.9 Å². The summed E-state index contributed by atoms with van der Waals surface area (Å²) in [4.78, 5) is 13.9. The Bertz CT molecular complexity index is 697. The molecule has 0 aromatic heterocycles. The van der Waals surface area contributed by atoms with E-state index in [1.165, 1.54) is 28.5 Å². The van der Waals surface area contributed by atoms with E-state index in [0.717, 1.165) is 19.4 Å². The Kier molecular flexibility index (Phi) is 5.76. The summed E-state index contributed by atoms with van der Waals surface area (Å²) in [6.45, 7) is 4.89. The van der Waals surface area contributed by atoms with Crippen LogP contribution in [0.5, 0.6) is 0 Å². The first-order valence-electron chi connectivity index (χ1n) is 9.21. The van der Waals surface area contributed by atoms with Gasteiger partial charge in [-0.15, -0.1) is 0 Å². The highest BCUT2D eigenvalue weighted by molar-refractivity contribution is 7.89. The number of benzene rings is 1. The minimum atomic E-state index is -3.40. The van der Waals surface area contributed by atoms with Crippen LogP contribution in [0.1, 0.15) is 39.0 Å². The predicted molar refractivity (Wildman–Crippen MR) is 97.1 cm³/mol. The van der Waals surface area contributed by atoms with Crippen molar-refractivity contribution in [2.75, 3.05) is 31.5 Å². The largest absolute Gasteiger partial charge is 0.325 e. The summed E-state index contributed by atoms with van der Waals surface area (Å²) in [5, 5.41) is 2.89. The summed E-state index contributed by atoms with van der Waals surface area (Å²) < 4.78 is 26.5. The van der Waals surface area contributed by atoms with Crippen molar-refractivity contribution in [2.45, 2.75) is 50.0 Å². The number of sulfonamides is 1. The molecule has 2 atom stereocenters. The fourth-order valence-electron chi connectivity index (χ4n) is 3.71. The number of quaternary nitrogens is 1. The minimum Gasteiger partial charge on any atom is -0.325 e. The average Bonchev–Trinajstić information content (AvgIpc) is 3.13. The highest BCUT2D eigenvalue weighted by atomic mass is 32.2. The van der Waals surface area contributed by atoms with Gasteiger partial charge in [0.15, 0.2) is 6.54 Å². The molecule has 25 heavy (non-hydrogen) atoms. The zero-order valence-corrected chi connectivity index (χ0v) is 15.6. The lowest BCUT2D eigenvalue weighted by Crippen LogP contribution is -3.17. The molecule has 0 radical (unpaired) electrons. The van der Waals surface area contributed by atoms with E-state index < -0.39 is 10.0 Å². The van der Waals surface area contributed by atoms with Crippen molar-refractivity contribution >= 4 is 21.6 Å². The first kappa shape index (κ1) is 18.4. The summed E-state index contributed by atoms with van der Waals surface area (Å²) >= 11 is 0. The number of carbonyl (C=O) groups is 1. The van der Waals surface area contributed by atoms with E-state index in [1.807, 2.05) is 0 Å². The van der Waals surface area contributed by atoms with Crippen molar-refractivity contribution in [2.24, 2.45) is 0 Å². The molecule has 1 unspecified atom stereocenters. The molecule has 138 valence electrons. The highest BCUT2D eigenvalue weighted by Crippen LogP contribution is 2.22. The molecule has 2 fully saturated rings. The van der Waals surface area contributed by atoms with Gasteiger partial charge in [0, 0.05) is 18.8 Å². The molecule has 2 N–H and O–H groups in total. The number of piperidine rings is 1. The van der Waals surface area contributed by atoms with Crippen LogP contribution in [0.25, 0.3) is 0 Å². The van der Waals surface area contributed by atoms with Gasteiger partial charge in [0.1, 0.15) is 0 Å². The summed E-state index contributed by atoms with van der Waals surface area (Å²) in [5.41, 5.74) is 0.648. The van der Waals surface area contributed by atoms with Gasteiger partial charge in [-0.05, 0) is 63.3 Å². The summed E-state index contributed by atoms with van der Waals surface area (Å²) in [5.74, 6) is -0.0149. The predicted octanol–water partition coefficient (Wildman–Crippen LogP) is 0.867. The van der Waals surface area contributed by atoms with Crippen LogP contribution >= 0.6 is 0 Å². The van der Waals surface area contributed by atoms with E-state index in [4.69, 9.17) is 0 Å². The normalized spacial score (nSPS) is 25.0. The van der Waals surface area contributed by atoms with Crippen LogP contribution in [0.3, 0.4) is 0 Å². The zero-order valence-electron chi connectivity index (χ0n) is 14.8. The summed E-state index contributed by atoms with van der Waals surface area (Å²) in [6.07, 6.45) is 5.44. The molecule has 3 rings (SSSR count). The monoisotopic (exact) mass is 366 g/mol. The number of amides is 1. The third-order valence-corrected chi connectivity index (χ3v) is 7.22. The van der Waals surface area contributed by atoms with Crippen LogP contribution in [0.2, 0.25) is 0 Å². The summed E-state index contributed by atoms with van der Waals surface area (Å²) in [6, 6.07) is 7.04. The van der Waals surface area contributed by atoms with Gasteiger partial charge in [-0.25, -0.2) is 8.42 Å². The number of carbonyl (C=O) groups excluding carboxylic acids is 1. The van der Waals surface area contributed by atoms with Gasteiger partial charge in [-0.1, -0.05) is 0 Å². The van der Waals surface area contributed by atoms with E-state index in [-0.39, 0.29) is 5.91 Å². The second kappa shape index (κ2) is 7.85.